The van der Waals surface area contributed by atoms with Crippen molar-refractivity contribution >= 4 is 11.8 Å². The maximum Gasteiger partial charge on any atom is 0.229 e. The van der Waals surface area contributed by atoms with Crippen molar-refractivity contribution in [3.05, 3.63) is 0 Å². The molecule has 0 radical (unpaired) electrons. The van der Waals surface area contributed by atoms with E-state index in [9.17, 15) is 9.59 Å². The molecule has 0 saturated carbocycles. The maximum absolute atomic E-state index is 11.6. The number of carbonyl (C=O) groups excluding carboxylic acids is 2. The summed E-state index contributed by atoms with van der Waals surface area (Å²) < 4.78 is 0. The number of imide groups is 1. The Hall–Kier alpha value is -0.900. The summed E-state index contributed by atoms with van der Waals surface area (Å²) in [7, 11) is 0. The summed E-state index contributed by atoms with van der Waals surface area (Å²) in [5.41, 5.74) is 0. The molecule has 20 heavy (non-hydrogen) atoms. The maximum atomic E-state index is 11.6. The Morgan fingerprint density at radius 2 is 1.45 bits per heavy atom. The van der Waals surface area contributed by atoms with Crippen LogP contribution in [0.25, 0.3) is 0 Å². The molecule has 1 N–H and O–H groups in total. The molecule has 4 nitrogen and oxygen atoms in total. The Morgan fingerprint density at radius 1 is 0.950 bits per heavy atom. The fourth-order valence-corrected chi connectivity index (χ4v) is 2.64. The number of carbonyl (C=O) groups is 2. The number of aliphatic hydroxyl groups excluding tert-OH is 1. The van der Waals surface area contributed by atoms with Crippen LogP contribution >= 0.6 is 0 Å². The number of rotatable bonds is 10. The van der Waals surface area contributed by atoms with Gasteiger partial charge in [0.05, 0.1) is 6.10 Å². The molecule has 0 spiro atoms. The largest absolute Gasteiger partial charge is 0.393 e. The second-order valence-electron chi connectivity index (χ2n) is 5.91. The normalized spacial score (nSPS) is 17.6. The van der Waals surface area contributed by atoms with E-state index in [0.29, 0.717) is 19.4 Å². The molecule has 1 atom stereocenters. The molecular formula is C16H29NO3. The van der Waals surface area contributed by atoms with Crippen LogP contribution in [0.4, 0.5) is 0 Å². The van der Waals surface area contributed by atoms with Crippen molar-refractivity contribution in [3.8, 4) is 0 Å². The molecule has 4 heteroatoms. The minimum absolute atomic E-state index is 0.0133. The van der Waals surface area contributed by atoms with Gasteiger partial charge >= 0.3 is 0 Å². The van der Waals surface area contributed by atoms with Gasteiger partial charge in [0.2, 0.25) is 11.8 Å². The van der Waals surface area contributed by atoms with Crippen LogP contribution in [-0.4, -0.2) is 34.5 Å². The number of piperidine rings is 1. The summed E-state index contributed by atoms with van der Waals surface area (Å²) in [5, 5.41) is 9.13. The van der Waals surface area contributed by atoms with Gasteiger partial charge in [-0.05, 0) is 26.2 Å². The Balaban J connectivity index is 1.94. The van der Waals surface area contributed by atoms with Crippen LogP contribution in [0.5, 0.6) is 0 Å². The number of amides is 2. The summed E-state index contributed by atoms with van der Waals surface area (Å²) in [6, 6.07) is 0. The molecule has 0 aromatic rings. The van der Waals surface area contributed by atoms with Crippen molar-refractivity contribution in [1.82, 2.24) is 4.90 Å². The van der Waals surface area contributed by atoms with Gasteiger partial charge in [0.25, 0.3) is 0 Å². The number of aliphatic hydroxyl groups is 1. The Morgan fingerprint density at radius 3 is 2.00 bits per heavy atom. The highest BCUT2D eigenvalue weighted by Crippen LogP contribution is 2.14. The predicted molar refractivity (Wildman–Crippen MR) is 79.2 cm³/mol. The minimum Gasteiger partial charge on any atom is -0.393 e. The second-order valence-corrected chi connectivity index (χ2v) is 5.91. The van der Waals surface area contributed by atoms with Crippen LogP contribution in [-0.2, 0) is 9.59 Å². The average Bonchev–Trinajstić information content (AvgIpc) is 2.39. The second kappa shape index (κ2) is 9.92. The lowest BCUT2D eigenvalue weighted by Gasteiger charge is -2.24. The van der Waals surface area contributed by atoms with E-state index in [-0.39, 0.29) is 17.9 Å². The lowest BCUT2D eigenvalue weighted by Crippen LogP contribution is -2.40. The van der Waals surface area contributed by atoms with E-state index in [1.807, 2.05) is 6.92 Å². The number of hydrogen-bond donors (Lipinski definition) is 1. The van der Waals surface area contributed by atoms with Crippen molar-refractivity contribution in [2.24, 2.45) is 0 Å². The standard InChI is InChI=1S/C16H29NO3/c1-14(18)10-7-5-3-2-4-6-8-13-17-15(19)11-9-12-16(17)20/h14,18H,2-13H2,1H3. The topological polar surface area (TPSA) is 57.6 Å². The third-order valence-electron chi connectivity index (χ3n) is 3.89. The molecule has 1 aliphatic heterocycles. The zero-order chi connectivity index (χ0) is 14.8. The lowest BCUT2D eigenvalue weighted by molar-refractivity contribution is -0.148. The summed E-state index contributed by atoms with van der Waals surface area (Å²) in [5.74, 6) is 0.0266. The van der Waals surface area contributed by atoms with E-state index in [2.05, 4.69) is 0 Å². The molecule has 1 saturated heterocycles. The predicted octanol–water partition coefficient (Wildman–Crippen LogP) is 3.03. The van der Waals surface area contributed by atoms with Crippen molar-refractivity contribution in [3.63, 3.8) is 0 Å². The van der Waals surface area contributed by atoms with Gasteiger partial charge in [0.1, 0.15) is 0 Å². The third kappa shape index (κ3) is 7.04. The average molecular weight is 283 g/mol. The van der Waals surface area contributed by atoms with Crippen LogP contribution in [0.15, 0.2) is 0 Å². The monoisotopic (exact) mass is 283 g/mol. The molecular weight excluding hydrogens is 254 g/mol. The SMILES string of the molecule is CC(O)CCCCCCCCCN1C(=O)CCCC1=O. The fourth-order valence-electron chi connectivity index (χ4n) is 2.64. The van der Waals surface area contributed by atoms with Gasteiger partial charge in [-0.2, -0.15) is 0 Å². The first-order valence-corrected chi connectivity index (χ1v) is 8.12. The minimum atomic E-state index is -0.172. The van der Waals surface area contributed by atoms with E-state index < -0.39 is 0 Å². The number of hydrogen-bond acceptors (Lipinski definition) is 3. The Kier molecular flexibility index (Phi) is 8.51. The zero-order valence-electron chi connectivity index (χ0n) is 12.8. The highest BCUT2D eigenvalue weighted by atomic mass is 16.3. The molecule has 0 bridgehead atoms. The van der Waals surface area contributed by atoms with Crippen LogP contribution < -0.4 is 0 Å². The molecule has 1 rings (SSSR count). The fraction of sp³-hybridized carbons (Fsp3) is 0.875. The van der Waals surface area contributed by atoms with Crippen molar-refractivity contribution in [2.45, 2.75) is 83.7 Å². The highest BCUT2D eigenvalue weighted by Gasteiger charge is 2.24. The molecule has 2 amide bonds. The first-order chi connectivity index (χ1) is 9.61. The quantitative estimate of drug-likeness (QED) is 0.495. The van der Waals surface area contributed by atoms with E-state index in [4.69, 9.17) is 5.11 Å². The van der Waals surface area contributed by atoms with Gasteiger partial charge in [-0.3, -0.25) is 14.5 Å². The molecule has 0 aromatic carbocycles. The Labute approximate surface area is 122 Å². The van der Waals surface area contributed by atoms with Gasteiger partial charge in [-0.1, -0.05) is 38.5 Å². The van der Waals surface area contributed by atoms with Crippen molar-refractivity contribution in [1.29, 1.82) is 0 Å². The van der Waals surface area contributed by atoms with Gasteiger partial charge < -0.3 is 5.11 Å². The first kappa shape index (κ1) is 17.2. The van der Waals surface area contributed by atoms with E-state index in [0.717, 1.165) is 32.1 Å². The van der Waals surface area contributed by atoms with Gasteiger partial charge in [0, 0.05) is 19.4 Å². The van der Waals surface area contributed by atoms with Crippen molar-refractivity contribution < 1.29 is 14.7 Å². The van der Waals surface area contributed by atoms with E-state index in [1.54, 1.807) is 0 Å². The molecule has 0 aliphatic carbocycles. The molecule has 1 aliphatic rings. The summed E-state index contributed by atoms with van der Waals surface area (Å²) >= 11 is 0. The number of likely N-dealkylation sites (tertiary alicyclic amines) is 1. The molecule has 1 unspecified atom stereocenters. The molecule has 116 valence electrons. The van der Waals surface area contributed by atoms with Crippen LogP contribution in [0.2, 0.25) is 0 Å². The van der Waals surface area contributed by atoms with E-state index >= 15 is 0 Å². The third-order valence-corrected chi connectivity index (χ3v) is 3.89. The number of nitrogens with zero attached hydrogens (tertiary/aromatic N) is 1. The van der Waals surface area contributed by atoms with Crippen molar-refractivity contribution in [2.75, 3.05) is 6.54 Å². The summed E-state index contributed by atoms with van der Waals surface area (Å²) in [4.78, 5) is 24.6. The molecule has 0 aromatic heterocycles. The first-order valence-electron chi connectivity index (χ1n) is 8.12. The number of unbranched alkanes of at least 4 members (excludes halogenated alkanes) is 6. The summed E-state index contributed by atoms with van der Waals surface area (Å²) in [6.45, 7) is 2.45. The van der Waals surface area contributed by atoms with Gasteiger partial charge in [0.15, 0.2) is 0 Å². The lowest BCUT2D eigenvalue weighted by atomic mass is 10.1. The summed E-state index contributed by atoms with van der Waals surface area (Å²) in [6.07, 6.45) is 10.4. The van der Waals surface area contributed by atoms with Crippen LogP contribution in [0, 0.1) is 0 Å². The molecule has 1 fully saturated rings. The highest BCUT2D eigenvalue weighted by molar-refractivity contribution is 5.97. The van der Waals surface area contributed by atoms with Gasteiger partial charge in [-0.25, -0.2) is 0 Å². The zero-order valence-corrected chi connectivity index (χ0v) is 12.8. The van der Waals surface area contributed by atoms with E-state index in [1.165, 1.54) is 30.6 Å². The molecule has 1 heterocycles. The Bertz CT molecular complexity index is 286. The van der Waals surface area contributed by atoms with Crippen LogP contribution in [0.3, 0.4) is 0 Å². The van der Waals surface area contributed by atoms with Crippen LogP contribution in [0.1, 0.15) is 77.6 Å². The smallest absolute Gasteiger partial charge is 0.229 e. The van der Waals surface area contributed by atoms with Gasteiger partial charge in [-0.15, -0.1) is 0 Å².